The van der Waals surface area contributed by atoms with E-state index < -0.39 is 32.4 Å². The summed E-state index contributed by atoms with van der Waals surface area (Å²) in [5, 5.41) is 45.6. The monoisotopic (exact) mass is 1720 g/mol. The van der Waals surface area contributed by atoms with Crippen molar-refractivity contribution in [1.82, 2.24) is 18.3 Å². The largest absolute Gasteiger partial charge is 0.494 e. The molecule has 0 saturated heterocycles. The number of aromatic nitrogens is 4. The Balaban J connectivity index is 0.000000206. The number of nitrogens with two attached hydrogens (primary N) is 2. The molecule has 6 N–H and O–H groups in total. The molecule has 4 heterocycles. The van der Waals surface area contributed by atoms with Gasteiger partial charge in [0, 0.05) is 79.9 Å². The van der Waals surface area contributed by atoms with Crippen LogP contribution in [0.4, 0.5) is 26.7 Å². The van der Waals surface area contributed by atoms with Gasteiger partial charge >= 0.3 is 12.2 Å². The van der Waals surface area contributed by atoms with Crippen molar-refractivity contribution in [2.75, 3.05) is 54.6 Å². The molecule has 0 saturated carbocycles. The van der Waals surface area contributed by atoms with Gasteiger partial charge in [0.2, 0.25) is 9.05 Å². The molecule has 0 aliphatic carbocycles. The van der Waals surface area contributed by atoms with Gasteiger partial charge in [0.25, 0.3) is 0 Å². The van der Waals surface area contributed by atoms with Crippen LogP contribution in [0, 0.1) is 45.3 Å². The van der Waals surface area contributed by atoms with Crippen LogP contribution >= 0.6 is 38.8 Å². The molecule has 118 heavy (non-hydrogen) atoms. The number of carbonyl (C=O) groups excluding carboxylic acids is 2. The van der Waals surface area contributed by atoms with E-state index in [2.05, 4.69) is 111 Å². The standard InChI is InChI=1S/C24H27N3O3.C21H23N3O3S.C19H17BrN2O.C19H19N3O.C5H11NO2.C2H5ClO2S/c1-6-27-21-14-17(26-23(28)30-24(3,4)5)10-13-19(21)20(15-25)22(27)16-8-11-18(12-9-16)29-7-2;1-4-24-20-13-16(23-28-27-26-6-3)9-12-18(20)19(14-22)21(24)15-7-10-17(11-8-15)25-5-2;1-3-22-18-11-14(20)7-10-16(18)17(12-21)19(22)13-5-8-15(9-6-13)23-4-2;1-3-22-18-11-14(21)7-10-16(18)17(12-20)19(22)13-5-8-15(9-6-13)23-4-2;1-5(2,3)8-4(6)7;1-2-6(3,4)5/h8-14H,6-7H2,1-5H3,(H,26,28);7-13,23H,4-6H2,1-3H3;5-11H,3-4H2,1-2H3;5-11H,3-4,21H2,1-2H3;1-3H3,(H2,6,7);2H2,1H3. The molecular weight excluding hydrogens is 1620 g/mol. The lowest BCUT2D eigenvalue weighted by Gasteiger charge is -2.19. The molecule has 2 amide bonds. The summed E-state index contributed by atoms with van der Waals surface area (Å²) in [6.45, 7) is 36.2. The number of carbonyl (C=O) groups is 2. The molecular formula is C90H102BrClN12O12S2. The summed E-state index contributed by atoms with van der Waals surface area (Å²) in [6.07, 6.45) is -1.24. The Morgan fingerprint density at radius 1 is 0.449 bits per heavy atom. The lowest BCUT2D eigenvalue weighted by Crippen LogP contribution is -2.27. The van der Waals surface area contributed by atoms with E-state index in [0.717, 1.165) is 159 Å². The number of nitrogens with one attached hydrogen (secondary N) is 2. The van der Waals surface area contributed by atoms with Gasteiger partial charge in [-0.3, -0.25) is 5.32 Å². The maximum Gasteiger partial charge on any atom is 0.412 e. The first kappa shape index (κ1) is 93.4. The second-order valence-electron chi connectivity index (χ2n) is 27.7. The summed E-state index contributed by atoms with van der Waals surface area (Å²) in [5.74, 6) is 3.30. The molecule has 12 rings (SSSR count). The van der Waals surface area contributed by atoms with Gasteiger partial charge in [0.1, 0.15) is 70.7 Å². The maximum absolute atomic E-state index is 12.1. The van der Waals surface area contributed by atoms with Crippen molar-refractivity contribution in [1.29, 1.82) is 21.0 Å². The van der Waals surface area contributed by atoms with E-state index in [1.807, 2.05) is 220 Å². The highest BCUT2D eigenvalue weighted by atomic mass is 79.9. The van der Waals surface area contributed by atoms with Gasteiger partial charge in [-0.1, -0.05) is 28.9 Å². The van der Waals surface area contributed by atoms with Gasteiger partial charge in [-0.05, 0) is 290 Å². The molecule has 4 aromatic heterocycles. The number of aryl methyl sites for hydroxylation is 4. The van der Waals surface area contributed by atoms with Crippen LogP contribution in [0.25, 0.3) is 88.6 Å². The summed E-state index contributed by atoms with van der Waals surface area (Å²) in [7, 11) is 1.50. The fourth-order valence-electron chi connectivity index (χ4n) is 12.9. The number of nitrogen functional groups attached to an aromatic ring is 1. The van der Waals surface area contributed by atoms with Crippen molar-refractivity contribution in [3.63, 3.8) is 0 Å². The van der Waals surface area contributed by atoms with E-state index in [-0.39, 0.29) is 5.75 Å². The average Bonchev–Trinajstić information content (AvgIpc) is 1.63. The Bertz CT molecular complexity index is 5560. The molecule has 620 valence electrons. The van der Waals surface area contributed by atoms with E-state index in [4.69, 9.17) is 44.4 Å². The van der Waals surface area contributed by atoms with Gasteiger partial charge in [-0.25, -0.2) is 22.9 Å². The molecule has 24 nitrogen and oxygen atoms in total. The first-order valence-electron chi connectivity index (χ1n) is 38.6. The second-order valence-corrected chi connectivity index (χ2v) is 32.2. The average molecular weight is 1720 g/mol. The molecule has 0 unspecified atom stereocenters. The zero-order valence-corrected chi connectivity index (χ0v) is 73.4. The Hall–Kier alpha value is -11.8. The molecule has 28 heteroatoms. The zero-order valence-electron chi connectivity index (χ0n) is 69.4. The number of benzene rings is 8. The number of nitriles is 4. The highest BCUT2D eigenvalue weighted by molar-refractivity contribution is 9.10. The van der Waals surface area contributed by atoms with Crippen LogP contribution in [0.2, 0.25) is 0 Å². The van der Waals surface area contributed by atoms with Gasteiger partial charge in [-0.15, -0.1) is 4.33 Å². The van der Waals surface area contributed by atoms with E-state index in [1.165, 1.54) is 6.92 Å². The predicted octanol–water partition coefficient (Wildman–Crippen LogP) is 22.5. The normalized spacial score (nSPS) is 10.9. The maximum atomic E-state index is 12.1. The first-order chi connectivity index (χ1) is 56.4. The van der Waals surface area contributed by atoms with Crippen LogP contribution < -0.4 is 40.5 Å². The number of halogens is 2. The van der Waals surface area contributed by atoms with Gasteiger partial charge in [-0.2, -0.15) is 21.0 Å². The van der Waals surface area contributed by atoms with E-state index in [9.17, 15) is 39.1 Å². The Labute approximate surface area is 708 Å². The topological polar surface area (TPSA) is 333 Å². The third kappa shape index (κ3) is 24.9. The molecule has 0 fully saturated rings. The number of ether oxygens (including phenoxy) is 6. The quantitative estimate of drug-likeness (QED) is 0.00879. The number of rotatable bonds is 23. The molecule has 8 aromatic carbocycles. The first-order valence-corrected chi connectivity index (χ1v) is 42.6. The fourth-order valence-corrected chi connectivity index (χ4v) is 13.6. The van der Waals surface area contributed by atoms with Gasteiger partial charge < -0.3 is 62.9 Å². The van der Waals surface area contributed by atoms with Crippen molar-refractivity contribution < 1.29 is 55.6 Å². The van der Waals surface area contributed by atoms with Crippen molar-refractivity contribution in [3.8, 4) is 92.3 Å². The number of nitrogens with zero attached hydrogens (tertiary/aromatic N) is 8. The van der Waals surface area contributed by atoms with Crippen LogP contribution in [0.3, 0.4) is 0 Å². The summed E-state index contributed by atoms with van der Waals surface area (Å²) in [5.41, 5.74) is 26.0. The predicted molar refractivity (Wildman–Crippen MR) is 477 cm³/mol. The van der Waals surface area contributed by atoms with Crippen LogP contribution in [0.15, 0.2) is 174 Å². The smallest absolute Gasteiger partial charge is 0.412 e. The van der Waals surface area contributed by atoms with Gasteiger partial charge in [0.15, 0.2) is 0 Å². The number of primary amides is 1. The Morgan fingerprint density at radius 3 is 1.04 bits per heavy atom. The van der Waals surface area contributed by atoms with Gasteiger partial charge in [0.05, 0.1) is 106 Å². The van der Waals surface area contributed by atoms with Crippen molar-refractivity contribution in [2.24, 2.45) is 5.73 Å². The van der Waals surface area contributed by atoms with E-state index in [1.54, 1.807) is 26.8 Å². The molecule has 0 bridgehead atoms. The van der Waals surface area contributed by atoms with E-state index in [0.29, 0.717) is 67.6 Å². The lowest BCUT2D eigenvalue weighted by molar-refractivity contribution is -0.185. The third-order valence-electron chi connectivity index (χ3n) is 17.5. The highest BCUT2D eigenvalue weighted by Crippen LogP contribution is 2.41. The number of hydrogen-bond donors (Lipinski definition) is 4. The summed E-state index contributed by atoms with van der Waals surface area (Å²) in [4.78, 5) is 27.0. The summed E-state index contributed by atoms with van der Waals surface area (Å²) in [6, 6.07) is 64.1. The van der Waals surface area contributed by atoms with Crippen LogP contribution in [-0.2, 0) is 53.9 Å². The molecule has 0 spiro atoms. The molecule has 12 aromatic rings. The van der Waals surface area contributed by atoms with Crippen molar-refractivity contribution in [2.45, 2.75) is 148 Å². The van der Waals surface area contributed by atoms with Crippen LogP contribution in [0.5, 0.6) is 23.0 Å². The highest BCUT2D eigenvalue weighted by Gasteiger charge is 2.25. The van der Waals surface area contributed by atoms with Crippen molar-refractivity contribution >= 4 is 121 Å². The SMILES string of the molecule is CC(C)(C)OC(N)=O.CCOOSNc1ccc2c(C#N)c(-c3ccc(OCC)cc3)n(CC)c2c1.CCOc1ccc(-c2c(C#N)c3ccc(Br)cc3n2CC)cc1.CCOc1ccc(-c2c(C#N)c3ccc(N)cc3n2CC)cc1.CCOc1ccc(-c2c(C#N)c3ccc(NC(=O)OC(C)(C)C)cc3n2CC)cc1.CCS(=O)(=O)Cl. The number of anilines is 3. The minimum Gasteiger partial charge on any atom is -0.494 e. The summed E-state index contributed by atoms with van der Waals surface area (Å²) < 4.78 is 69.1. The third-order valence-corrected chi connectivity index (χ3v) is 19.8. The van der Waals surface area contributed by atoms with Crippen molar-refractivity contribution in [3.05, 3.63) is 197 Å². The second kappa shape index (κ2) is 44.0. The summed E-state index contributed by atoms with van der Waals surface area (Å²) >= 11 is 4.53. The van der Waals surface area contributed by atoms with Crippen LogP contribution in [-0.4, -0.2) is 88.9 Å². The lowest BCUT2D eigenvalue weighted by atomic mass is 10.1. The Morgan fingerprint density at radius 2 is 0.754 bits per heavy atom. The molecule has 0 aliphatic heterocycles. The number of fused-ring (bicyclic) bond motifs is 4. The number of hydrogen-bond acceptors (Lipinski definition) is 19. The Kier molecular flexibility index (Phi) is 34.8. The minimum atomic E-state index is -3.19. The van der Waals surface area contributed by atoms with Crippen LogP contribution in [0.1, 0.15) is 133 Å². The molecule has 0 aliphatic rings. The fraction of sp³-hybridized carbons (Fsp3) is 0.311. The molecule has 0 atom stereocenters. The minimum absolute atomic E-state index is 0.00849. The molecule has 0 radical (unpaired) electrons. The van der Waals surface area contributed by atoms with E-state index >= 15 is 0 Å². The zero-order chi connectivity index (χ0) is 86.6. The number of amides is 2.